The average molecular weight is 271 g/mol. The Hall–Kier alpha value is -1.59. The number of carboxylic acid groups (broad SMARTS) is 1. The lowest BCUT2D eigenvalue weighted by Gasteiger charge is -2.25. The van der Waals surface area contributed by atoms with E-state index in [1.165, 1.54) is 0 Å². The van der Waals surface area contributed by atoms with Crippen LogP contribution in [0.4, 0.5) is 4.79 Å². The molecule has 6 heteroatoms. The fourth-order valence-corrected chi connectivity index (χ4v) is 2.08. The zero-order chi connectivity index (χ0) is 15.0. The average Bonchev–Trinajstić information content (AvgIpc) is 2.53. The maximum atomic E-state index is 12.2. The fraction of sp³-hybridized carbons (Fsp3) is 0.769. The molecular weight excluding hydrogens is 250 g/mol. The van der Waals surface area contributed by atoms with Crippen LogP contribution in [0.15, 0.2) is 0 Å². The van der Waals surface area contributed by atoms with E-state index in [0.29, 0.717) is 0 Å². The smallest absolute Gasteiger partial charge is 0.417 e. The van der Waals surface area contributed by atoms with E-state index in [-0.39, 0.29) is 12.3 Å². The highest BCUT2D eigenvalue weighted by Gasteiger charge is 2.49. The lowest BCUT2D eigenvalue weighted by atomic mass is 9.93. The summed E-state index contributed by atoms with van der Waals surface area (Å²) < 4.78 is 5.10. The number of carbonyl (C=O) groups excluding carboxylic acids is 2. The van der Waals surface area contributed by atoms with Crippen LogP contribution in [0.5, 0.6) is 0 Å². The number of hydrogen-bond donors (Lipinski definition) is 1. The minimum Gasteiger partial charge on any atom is -0.480 e. The number of carboxylic acids is 1. The predicted molar refractivity (Wildman–Crippen MR) is 67.4 cm³/mol. The lowest BCUT2D eigenvalue weighted by Crippen LogP contribution is -2.45. The molecule has 2 atom stereocenters. The number of carbonyl (C=O) groups is 3. The molecule has 0 saturated carbocycles. The topological polar surface area (TPSA) is 83.9 Å². The van der Waals surface area contributed by atoms with Gasteiger partial charge in [-0.2, -0.15) is 0 Å². The van der Waals surface area contributed by atoms with Crippen molar-refractivity contribution in [2.75, 3.05) is 0 Å². The van der Waals surface area contributed by atoms with Crippen LogP contribution >= 0.6 is 0 Å². The van der Waals surface area contributed by atoms with Crippen molar-refractivity contribution in [3.8, 4) is 0 Å². The molecule has 2 amide bonds. The molecule has 1 rings (SSSR count). The number of likely N-dealkylation sites (tertiary alicyclic amines) is 1. The minimum atomic E-state index is -1.18. The van der Waals surface area contributed by atoms with Crippen molar-refractivity contribution in [3.63, 3.8) is 0 Å². The summed E-state index contributed by atoms with van der Waals surface area (Å²) in [5.74, 6) is -2.10. The number of hydrogen-bond acceptors (Lipinski definition) is 4. The molecule has 6 nitrogen and oxygen atoms in total. The molecule has 0 aromatic heterocycles. The number of rotatable bonds is 2. The third-order valence-corrected chi connectivity index (χ3v) is 3.02. The van der Waals surface area contributed by atoms with Crippen LogP contribution in [0.2, 0.25) is 0 Å². The summed E-state index contributed by atoms with van der Waals surface area (Å²) in [6, 6.07) is -1.13. The largest absolute Gasteiger partial charge is 0.480 e. The van der Waals surface area contributed by atoms with Gasteiger partial charge in [-0.15, -0.1) is 0 Å². The van der Waals surface area contributed by atoms with Gasteiger partial charge in [-0.05, 0) is 33.1 Å². The Bertz CT molecular complexity index is 396. The van der Waals surface area contributed by atoms with Crippen LogP contribution in [0, 0.1) is 11.8 Å². The Labute approximate surface area is 112 Å². The highest BCUT2D eigenvalue weighted by Crippen LogP contribution is 2.31. The fourth-order valence-electron chi connectivity index (χ4n) is 2.08. The van der Waals surface area contributed by atoms with E-state index in [1.807, 2.05) is 13.8 Å². The second kappa shape index (κ2) is 5.19. The summed E-state index contributed by atoms with van der Waals surface area (Å²) >= 11 is 0. The van der Waals surface area contributed by atoms with Crippen LogP contribution in [-0.4, -0.2) is 39.6 Å². The third-order valence-electron chi connectivity index (χ3n) is 3.02. The molecule has 0 spiro atoms. The normalized spacial score (nSPS) is 23.9. The number of aliphatic carboxylic acids is 1. The quantitative estimate of drug-likeness (QED) is 0.829. The minimum absolute atomic E-state index is 0.0122. The van der Waals surface area contributed by atoms with Crippen molar-refractivity contribution >= 4 is 18.0 Å². The first kappa shape index (κ1) is 15.5. The van der Waals surface area contributed by atoms with Crippen molar-refractivity contribution in [1.29, 1.82) is 0 Å². The molecule has 19 heavy (non-hydrogen) atoms. The van der Waals surface area contributed by atoms with Gasteiger partial charge in [0.15, 0.2) is 0 Å². The second-order valence-corrected chi connectivity index (χ2v) is 6.13. The molecule has 1 saturated heterocycles. The molecule has 0 aliphatic carbocycles. The first-order valence-corrected chi connectivity index (χ1v) is 6.33. The zero-order valence-electron chi connectivity index (χ0n) is 12.0. The van der Waals surface area contributed by atoms with Gasteiger partial charge < -0.3 is 9.84 Å². The van der Waals surface area contributed by atoms with Crippen molar-refractivity contribution in [3.05, 3.63) is 0 Å². The maximum absolute atomic E-state index is 12.2. The molecule has 1 aliphatic heterocycles. The Morgan fingerprint density at radius 3 is 2.26 bits per heavy atom. The lowest BCUT2D eigenvalue weighted by molar-refractivity contribution is -0.146. The van der Waals surface area contributed by atoms with Crippen LogP contribution in [0.1, 0.15) is 41.0 Å². The Morgan fingerprint density at radius 2 is 1.89 bits per heavy atom. The molecule has 1 heterocycles. The van der Waals surface area contributed by atoms with Crippen LogP contribution in [0.25, 0.3) is 0 Å². The van der Waals surface area contributed by atoms with E-state index in [9.17, 15) is 14.4 Å². The molecule has 1 fully saturated rings. The summed E-state index contributed by atoms with van der Waals surface area (Å²) in [5, 5.41) is 9.15. The van der Waals surface area contributed by atoms with Gasteiger partial charge in [-0.25, -0.2) is 14.5 Å². The van der Waals surface area contributed by atoms with Gasteiger partial charge >= 0.3 is 12.1 Å². The second-order valence-electron chi connectivity index (χ2n) is 6.13. The summed E-state index contributed by atoms with van der Waals surface area (Å²) in [7, 11) is 0. The Balaban J connectivity index is 2.98. The van der Waals surface area contributed by atoms with Gasteiger partial charge in [0.25, 0.3) is 0 Å². The number of ether oxygens (including phenoxy) is 1. The maximum Gasteiger partial charge on any atom is 0.417 e. The van der Waals surface area contributed by atoms with Gasteiger partial charge in [-0.1, -0.05) is 13.8 Å². The highest BCUT2D eigenvalue weighted by molar-refractivity contribution is 6.00. The van der Waals surface area contributed by atoms with E-state index in [1.54, 1.807) is 20.8 Å². The summed E-state index contributed by atoms with van der Waals surface area (Å²) in [6.07, 6.45) is -0.738. The first-order chi connectivity index (χ1) is 8.54. The number of imide groups is 1. The van der Waals surface area contributed by atoms with Gasteiger partial charge in [0.05, 0.1) is 0 Å². The summed E-state index contributed by atoms with van der Waals surface area (Å²) in [5.41, 5.74) is -0.768. The predicted octanol–water partition coefficient (Wildman–Crippen LogP) is 1.88. The van der Waals surface area contributed by atoms with E-state index >= 15 is 0 Å². The zero-order valence-corrected chi connectivity index (χ0v) is 12.0. The van der Waals surface area contributed by atoms with Gasteiger partial charge in [-0.3, -0.25) is 4.79 Å². The van der Waals surface area contributed by atoms with E-state index in [4.69, 9.17) is 9.84 Å². The number of amides is 2. The van der Waals surface area contributed by atoms with Crippen molar-refractivity contribution in [2.45, 2.75) is 52.7 Å². The van der Waals surface area contributed by atoms with Gasteiger partial charge in [0.1, 0.15) is 11.6 Å². The van der Waals surface area contributed by atoms with E-state index in [0.717, 1.165) is 4.90 Å². The molecule has 0 aromatic carbocycles. The molecule has 0 radical (unpaired) electrons. The van der Waals surface area contributed by atoms with Crippen molar-refractivity contribution in [2.24, 2.45) is 11.8 Å². The Morgan fingerprint density at radius 1 is 1.37 bits per heavy atom. The summed E-state index contributed by atoms with van der Waals surface area (Å²) in [6.45, 7) is 8.67. The van der Waals surface area contributed by atoms with Crippen molar-refractivity contribution < 1.29 is 24.2 Å². The molecule has 1 N–H and O–H groups in total. The first-order valence-electron chi connectivity index (χ1n) is 6.33. The summed E-state index contributed by atoms with van der Waals surface area (Å²) in [4.78, 5) is 36.1. The molecule has 0 aromatic rings. The van der Waals surface area contributed by atoms with Crippen LogP contribution in [0.3, 0.4) is 0 Å². The molecule has 0 bridgehead atoms. The Kier molecular flexibility index (Phi) is 4.22. The van der Waals surface area contributed by atoms with E-state index < -0.39 is 35.5 Å². The monoisotopic (exact) mass is 271 g/mol. The standard InChI is InChI=1S/C13H21NO5/c1-7(2)8-6-9(11(16)17)14(10(8)15)12(18)19-13(3,4)5/h7-9H,6H2,1-5H3,(H,16,17)/t8-,9?/m0/s1. The molecule has 108 valence electrons. The molecular formula is C13H21NO5. The highest BCUT2D eigenvalue weighted by atomic mass is 16.6. The molecule has 1 aliphatic rings. The van der Waals surface area contributed by atoms with Gasteiger partial charge in [0.2, 0.25) is 5.91 Å². The molecule has 1 unspecified atom stereocenters. The van der Waals surface area contributed by atoms with Crippen molar-refractivity contribution in [1.82, 2.24) is 4.90 Å². The van der Waals surface area contributed by atoms with Crippen LogP contribution in [-0.2, 0) is 14.3 Å². The van der Waals surface area contributed by atoms with Crippen LogP contribution < -0.4 is 0 Å². The van der Waals surface area contributed by atoms with E-state index in [2.05, 4.69) is 0 Å². The SMILES string of the molecule is CC(C)[C@@H]1CC(C(=O)O)N(C(=O)OC(C)(C)C)C1=O. The number of nitrogens with zero attached hydrogens (tertiary/aromatic N) is 1. The van der Waals surface area contributed by atoms with Gasteiger partial charge in [0, 0.05) is 5.92 Å². The third kappa shape index (κ3) is 3.45.